The molecule has 5 nitrogen and oxygen atoms in total. The van der Waals surface area contributed by atoms with E-state index in [4.69, 9.17) is 14.7 Å². The van der Waals surface area contributed by atoms with E-state index < -0.39 is 0 Å². The number of morpholine rings is 1. The Bertz CT molecular complexity index is 981. The van der Waals surface area contributed by atoms with Crippen molar-refractivity contribution in [3.05, 3.63) is 42.2 Å². The van der Waals surface area contributed by atoms with Crippen LogP contribution >= 0.6 is 11.8 Å². The van der Waals surface area contributed by atoms with Crippen molar-refractivity contribution in [3.8, 4) is 11.4 Å². The van der Waals surface area contributed by atoms with E-state index in [-0.39, 0.29) is 4.75 Å². The zero-order chi connectivity index (χ0) is 18.4. The lowest BCUT2D eigenvalue weighted by molar-refractivity contribution is 0.0985. The Labute approximate surface area is 163 Å². The second-order valence-electron chi connectivity index (χ2n) is 7.50. The first-order valence-corrected chi connectivity index (χ1v) is 10.8. The van der Waals surface area contributed by atoms with Crippen molar-refractivity contribution in [2.45, 2.75) is 30.6 Å². The lowest BCUT2D eigenvalue weighted by Gasteiger charge is -2.34. The van der Waals surface area contributed by atoms with E-state index in [0.717, 1.165) is 42.5 Å². The average Bonchev–Trinajstić information content (AvgIpc) is 3.36. The summed E-state index contributed by atoms with van der Waals surface area (Å²) in [5.41, 5.74) is 3.38. The van der Waals surface area contributed by atoms with Crippen LogP contribution in [0.3, 0.4) is 0 Å². The molecule has 2 aliphatic rings. The number of aromatic nitrogens is 3. The number of nitrogens with zero attached hydrogens (tertiary/aromatic N) is 3. The molecule has 0 radical (unpaired) electrons. The predicted molar refractivity (Wildman–Crippen MR) is 111 cm³/mol. The largest absolute Gasteiger partial charge is 0.377 e. The Hall–Kier alpha value is -2.05. The molecule has 6 heteroatoms. The molecule has 3 heterocycles. The molecular formula is C21H24N4OS. The first kappa shape index (κ1) is 17.1. The van der Waals surface area contributed by atoms with Crippen LogP contribution in [0.2, 0.25) is 0 Å². The van der Waals surface area contributed by atoms with Crippen LogP contribution in [0.1, 0.15) is 25.5 Å². The zero-order valence-electron chi connectivity index (χ0n) is 15.7. The minimum absolute atomic E-state index is 0.161. The molecule has 0 amide bonds. The van der Waals surface area contributed by atoms with Gasteiger partial charge in [-0.3, -0.25) is 0 Å². The minimum Gasteiger partial charge on any atom is -0.377 e. The molecule has 1 aliphatic heterocycles. The van der Waals surface area contributed by atoms with Gasteiger partial charge in [-0.05, 0) is 38.2 Å². The molecule has 0 spiro atoms. The summed E-state index contributed by atoms with van der Waals surface area (Å²) in [5.74, 6) is 1.85. The normalized spacial score (nSPS) is 21.6. The molecule has 1 saturated heterocycles. The summed E-state index contributed by atoms with van der Waals surface area (Å²) in [7, 11) is 0. The molecule has 2 aromatic heterocycles. The summed E-state index contributed by atoms with van der Waals surface area (Å²) >= 11 is 1.92. The van der Waals surface area contributed by atoms with Crippen LogP contribution < -0.4 is 4.90 Å². The van der Waals surface area contributed by atoms with Gasteiger partial charge in [-0.1, -0.05) is 12.1 Å². The van der Waals surface area contributed by atoms with Gasteiger partial charge in [-0.25, -0.2) is 9.97 Å². The summed E-state index contributed by atoms with van der Waals surface area (Å²) in [6, 6.07) is 10.9. The van der Waals surface area contributed by atoms with Gasteiger partial charge in [0.15, 0.2) is 5.82 Å². The van der Waals surface area contributed by atoms with Gasteiger partial charge in [0.05, 0.1) is 29.7 Å². The van der Waals surface area contributed by atoms with E-state index in [9.17, 15) is 0 Å². The highest BCUT2D eigenvalue weighted by atomic mass is 32.2. The Morgan fingerprint density at radius 2 is 2.15 bits per heavy atom. The Kier molecular flexibility index (Phi) is 4.13. The van der Waals surface area contributed by atoms with Gasteiger partial charge in [-0.2, -0.15) is 11.8 Å². The fourth-order valence-electron chi connectivity index (χ4n) is 3.96. The molecule has 140 valence electrons. The highest BCUT2D eigenvalue weighted by Gasteiger charge is 2.46. The van der Waals surface area contributed by atoms with Gasteiger partial charge in [0.1, 0.15) is 5.82 Å². The fraction of sp³-hybridized carbons (Fsp3) is 0.429. The third-order valence-corrected chi connectivity index (χ3v) is 7.17. The average molecular weight is 381 g/mol. The topological polar surface area (TPSA) is 54.0 Å². The second kappa shape index (κ2) is 6.53. The Morgan fingerprint density at radius 1 is 1.26 bits per heavy atom. The third kappa shape index (κ3) is 2.91. The molecule has 1 aromatic carbocycles. The molecule has 1 saturated carbocycles. The first-order chi connectivity index (χ1) is 13.2. The van der Waals surface area contributed by atoms with Crippen LogP contribution in [0, 0.1) is 0 Å². The standard InChI is InChI=1S/C21H24N4OS/c1-14-13-26-11-10-25(14)19-12-18(21(27-2)7-8-21)23-20(24-19)16-4-3-5-17-15(16)6-9-22-17/h3-6,9,12,14,22H,7-8,10-11,13H2,1-2H3. The van der Waals surface area contributed by atoms with Gasteiger partial charge >= 0.3 is 0 Å². The van der Waals surface area contributed by atoms with Gasteiger partial charge in [-0.15, -0.1) is 0 Å². The SMILES string of the molecule is CSC1(c2cc(N3CCOCC3C)nc(-c3cccc4[nH]ccc34)n2)CC1. The molecule has 0 bridgehead atoms. The van der Waals surface area contributed by atoms with E-state index in [1.807, 2.05) is 18.0 Å². The molecule has 1 atom stereocenters. The zero-order valence-corrected chi connectivity index (χ0v) is 16.6. The van der Waals surface area contributed by atoms with Crippen molar-refractivity contribution in [1.82, 2.24) is 15.0 Å². The molecule has 1 aliphatic carbocycles. The van der Waals surface area contributed by atoms with Crippen molar-refractivity contribution < 1.29 is 4.74 Å². The Morgan fingerprint density at radius 3 is 2.93 bits per heavy atom. The highest BCUT2D eigenvalue weighted by molar-refractivity contribution is 7.99. The predicted octanol–water partition coefficient (Wildman–Crippen LogP) is 4.20. The van der Waals surface area contributed by atoms with Crippen LogP contribution in [0.25, 0.3) is 22.3 Å². The number of aromatic amines is 1. The monoisotopic (exact) mass is 380 g/mol. The van der Waals surface area contributed by atoms with Gasteiger partial charge in [0.2, 0.25) is 0 Å². The number of thioether (sulfide) groups is 1. The molecule has 1 unspecified atom stereocenters. The second-order valence-corrected chi connectivity index (χ2v) is 8.68. The summed E-state index contributed by atoms with van der Waals surface area (Å²) in [6.07, 6.45) is 6.56. The summed E-state index contributed by atoms with van der Waals surface area (Å²) in [5, 5.41) is 1.17. The van der Waals surface area contributed by atoms with Crippen LogP contribution in [0.15, 0.2) is 36.5 Å². The lowest BCUT2D eigenvalue weighted by atomic mass is 10.1. The lowest BCUT2D eigenvalue weighted by Crippen LogP contribution is -2.44. The van der Waals surface area contributed by atoms with E-state index in [1.54, 1.807) is 0 Å². The number of nitrogens with one attached hydrogen (secondary N) is 1. The number of fused-ring (bicyclic) bond motifs is 1. The third-order valence-electron chi connectivity index (χ3n) is 5.77. The molecule has 1 N–H and O–H groups in total. The minimum atomic E-state index is 0.161. The van der Waals surface area contributed by atoms with Crippen molar-refractivity contribution >= 4 is 28.5 Å². The number of hydrogen-bond donors (Lipinski definition) is 1. The molecule has 5 rings (SSSR count). The van der Waals surface area contributed by atoms with Gasteiger partial charge < -0.3 is 14.6 Å². The highest BCUT2D eigenvalue weighted by Crippen LogP contribution is 2.56. The van der Waals surface area contributed by atoms with E-state index in [2.05, 4.69) is 53.4 Å². The van der Waals surface area contributed by atoms with E-state index in [0.29, 0.717) is 6.04 Å². The van der Waals surface area contributed by atoms with E-state index in [1.165, 1.54) is 23.9 Å². The smallest absolute Gasteiger partial charge is 0.162 e. The van der Waals surface area contributed by atoms with Gasteiger partial charge in [0, 0.05) is 35.3 Å². The number of H-pyrrole nitrogens is 1. The quantitative estimate of drug-likeness (QED) is 0.735. The summed E-state index contributed by atoms with van der Waals surface area (Å²) < 4.78 is 5.79. The maximum absolute atomic E-state index is 5.63. The fourth-order valence-corrected chi connectivity index (χ4v) is 4.79. The maximum atomic E-state index is 5.63. The number of benzene rings is 1. The van der Waals surface area contributed by atoms with E-state index >= 15 is 0 Å². The molecule has 27 heavy (non-hydrogen) atoms. The summed E-state index contributed by atoms with van der Waals surface area (Å²) in [6.45, 7) is 4.57. The number of hydrogen-bond acceptors (Lipinski definition) is 5. The van der Waals surface area contributed by atoms with Crippen molar-refractivity contribution in [2.75, 3.05) is 30.9 Å². The van der Waals surface area contributed by atoms with Crippen molar-refractivity contribution in [2.24, 2.45) is 0 Å². The number of ether oxygens (including phenoxy) is 1. The van der Waals surface area contributed by atoms with Crippen LogP contribution in [-0.4, -0.2) is 47.0 Å². The first-order valence-electron chi connectivity index (χ1n) is 9.56. The van der Waals surface area contributed by atoms with Crippen molar-refractivity contribution in [3.63, 3.8) is 0 Å². The van der Waals surface area contributed by atoms with Gasteiger partial charge in [0.25, 0.3) is 0 Å². The van der Waals surface area contributed by atoms with Crippen LogP contribution in [0.4, 0.5) is 5.82 Å². The Balaban J connectivity index is 1.67. The maximum Gasteiger partial charge on any atom is 0.162 e. The van der Waals surface area contributed by atoms with Crippen LogP contribution in [-0.2, 0) is 9.48 Å². The summed E-state index contributed by atoms with van der Waals surface area (Å²) in [4.78, 5) is 15.7. The molecule has 2 fully saturated rings. The number of rotatable bonds is 4. The van der Waals surface area contributed by atoms with Crippen molar-refractivity contribution in [1.29, 1.82) is 0 Å². The molecule has 3 aromatic rings. The number of anilines is 1. The molecular weight excluding hydrogens is 356 g/mol. The van der Waals surface area contributed by atoms with Crippen LogP contribution in [0.5, 0.6) is 0 Å².